The van der Waals surface area contributed by atoms with Gasteiger partial charge in [0.05, 0.1) is 72.5 Å². The van der Waals surface area contributed by atoms with Crippen molar-refractivity contribution in [3.63, 3.8) is 0 Å². The van der Waals surface area contributed by atoms with Gasteiger partial charge in [-0.2, -0.15) is 0 Å². The van der Waals surface area contributed by atoms with Gasteiger partial charge in [0.15, 0.2) is 28.8 Å². The predicted molar refractivity (Wildman–Crippen MR) is 198 cm³/mol. The first-order valence-corrected chi connectivity index (χ1v) is 18.2. The molecule has 0 aliphatic heterocycles. The van der Waals surface area contributed by atoms with Gasteiger partial charge in [0, 0.05) is 52.7 Å². The number of alkyl carbamates (subject to hydrolysis) is 1. The van der Waals surface area contributed by atoms with Crippen molar-refractivity contribution >= 4 is 41.3 Å². The van der Waals surface area contributed by atoms with Crippen molar-refractivity contribution in [3.8, 4) is 0 Å². The Balaban J connectivity index is 2.55. The fourth-order valence-corrected chi connectivity index (χ4v) is 4.51. The zero-order valence-corrected chi connectivity index (χ0v) is 32.1. The molecule has 1 rings (SSSR count). The van der Waals surface area contributed by atoms with E-state index in [0.717, 1.165) is 0 Å². The molecule has 1 aromatic heterocycles. The van der Waals surface area contributed by atoms with E-state index in [1.807, 2.05) is 0 Å². The number of amides is 3. The summed E-state index contributed by atoms with van der Waals surface area (Å²) in [5.41, 5.74) is 16.7. The Kier molecular flexibility index (Phi) is 28.4. The van der Waals surface area contributed by atoms with Gasteiger partial charge in [-0.1, -0.05) is 6.42 Å². The molecular weight excluding hydrogens is 728 g/mol. The lowest BCUT2D eigenvalue weighted by atomic mass is 9.97. The third-order valence-electron chi connectivity index (χ3n) is 7.33. The molecule has 21 heteroatoms. The summed E-state index contributed by atoms with van der Waals surface area (Å²) < 4.78 is 41.4. The molecule has 0 saturated heterocycles. The van der Waals surface area contributed by atoms with Crippen molar-refractivity contribution in [1.29, 1.82) is 0 Å². The summed E-state index contributed by atoms with van der Waals surface area (Å²) in [6, 6.07) is 0. The minimum atomic E-state index is -0.736. The third kappa shape index (κ3) is 24.0. The standard InChI is InChI=1S/C34H60N8O13/c1-48-12-14-50-16-18-52-20-22-54-27(44)24-25(6-3-4-9-40-34(47)55-23-21-53-19-17-51-15-13-49-2)32(45)38-10-5-7-26(43)28-30(36)42-29(31(37)41-28)33(46)39-11-8-35/h25H,3-24,35H2,1-2H3,(H2,36,42)(H2,37,41)(H,38,45)(H,39,46)(H,40,47). The highest BCUT2D eigenvalue weighted by molar-refractivity contribution is 6.01. The summed E-state index contributed by atoms with van der Waals surface area (Å²) in [7, 11) is 3.17. The average molecular weight is 789 g/mol. The van der Waals surface area contributed by atoms with Crippen molar-refractivity contribution < 1.29 is 61.9 Å². The Morgan fingerprint density at radius 1 is 0.618 bits per heavy atom. The van der Waals surface area contributed by atoms with E-state index in [4.69, 9.17) is 55.1 Å². The molecule has 21 nitrogen and oxygen atoms in total. The van der Waals surface area contributed by atoms with E-state index < -0.39 is 35.6 Å². The van der Waals surface area contributed by atoms with Gasteiger partial charge in [-0.3, -0.25) is 19.2 Å². The van der Waals surface area contributed by atoms with Crippen molar-refractivity contribution in [3.05, 3.63) is 11.4 Å². The summed E-state index contributed by atoms with van der Waals surface area (Å²) in [5, 5.41) is 7.91. The number of nitrogen functional groups attached to an aromatic ring is 2. The van der Waals surface area contributed by atoms with Gasteiger partial charge in [0.2, 0.25) is 5.91 Å². The van der Waals surface area contributed by atoms with E-state index in [2.05, 4.69) is 25.9 Å². The number of esters is 1. The first-order chi connectivity index (χ1) is 26.6. The molecule has 3 amide bonds. The number of nitrogens with one attached hydrogen (secondary N) is 3. The number of aromatic nitrogens is 2. The van der Waals surface area contributed by atoms with Crippen LogP contribution >= 0.6 is 0 Å². The summed E-state index contributed by atoms with van der Waals surface area (Å²) in [6.07, 6.45) is 0.706. The number of nitrogens with two attached hydrogens (primary N) is 3. The maximum Gasteiger partial charge on any atom is 0.407 e. The maximum absolute atomic E-state index is 13.2. The molecule has 0 aliphatic rings. The van der Waals surface area contributed by atoms with Gasteiger partial charge in [-0.15, -0.1) is 0 Å². The van der Waals surface area contributed by atoms with Gasteiger partial charge in [0.25, 0.3) is 5.91 Å². The second kappa shape index (κ2) is 32.0. The maximum atomic E-state index is 13.2. The fraction of sp³-hybridized carbons (Fsp3) is 0.735. The van der Waals surface area contributed by atoms with E-state index in [9.17, 15) is 24.0 Å². The Morgan fingerprint density at radius 3 is 1.75 bits per heavy atom. The largest absolute Gasteiger partial charge is 0.463 e. The average Bonchev–Trinajstić information content (AvgIpc) is 3.17. The summed E-state index contributed by atoms with van der Waals surface area (Å²) in [5.74, 6) is -3.34. The molecule has 0 spiro atoms. The van der Waals surface area contributed by atoms with Crippen LogP contribution in [-0.2, 0) is 47.5 Å². The van der Waals surface area contributed by atoms with E-state index in [-0.39, 0.29) is 94.9 Å². The molecule has 1 heterocycles. The molecule has 1 atom stereocenters. The number of unbranched alkanes of at least 4 members (excludes halogenated alkanes) is 1. The molecular formula is C34H60N8O13. The molecule has 55 heavy (non-hydrogen) atoms. The van der Waals surface area contributed by atoms with Crippen LogP contribution in [0, 0.1) is 5.92 Å². The molecule has 314 valence electrons. The zero-order valence-electron chi connectivity index (χ0n) is 32.1. The predicted octanol–water partition coefficient (Wildman–Crippen LogP) is -0.786. The monoisotopic (exact) mass is 788 g/mol. The van der Waals surface area contributed by atoms with E-state index >= 15 is 0 Å². The van der Waals surface area contributed by atoms with Gasteiger partial charge >= 0.3 is 12.1 Å². The highest BCUT2D eigenvalue weighted by Gasteiger charge is 2.23. The Bertz CT molecular complexity index is 1260. The van der Waals surface area contributed by atoms with Crippen LogP contribution in [-0.4, -0.2) is 159 Å². The molecule has 0 aromatic carbocycles. The van der Waals surface area contributed by atoms with E-state index in [1.54, 1.807) is 14.2 Å². The summed E-state index contributed by atoms with van der Waals surface area (Å²) in [6.45, 7) is 4.59. The number of Topliss-reactive ketones (excluding diaryl/α,β-unsaturated/α-hetero) is 1. The van der Waals surface area contributed by atoms with Crippen LogP contribution in [0.2, 0.25) is 0 Å². The number of anilines is 2. The number of rotatable bonds is 34. The molecule has 1 aromatic rings. The van der Waals surface area contributed by atoms with Gasteiger partial charge < -0.3 is 71.0 Å². The van der Waals surface area contributed by atoms with Crippen LogP contribution in [0.1, 0.15) is 59.5 Å². The minimum Gasteiger partial charge on any atom is -0.463 e. The molecule has 0 aliphatic carbocycles. The first-order valence-electron chi connectivity index (χ1n) is 18.2. The van der Waals surface area contributed by atoms with Crippen LogP contribution in [0.15, 0.2) is 0 Å². The lowest BCUT2D eigenvalue weighted by Crippen LogP contribution is -2.34. The van der Waals surface area contributed by atoms with Crippen molar-refractivity contribution in [2.24, 2.45) is 11.7 Å². The quantitative estimate of drug-likeness (QED) is 0.0283. The van der Waals surface area contributed by atoms with Crippen LogP contribution in [0.3, 0.4) is 0 Å². The van der Waals surface area contributed by atoms with Crippen LogP contribution in [0.4, 0.5) is 16.4 Å². The van der Waals surface area contributed by atoms with Crippen molar-refractivity contribution in [2.75, 3.05) is 131 Å². The molecule has 0 fully saturated rings. The van der Waals surface area contributed by atoms with E-state index in [1.165, 1.54) is 0 Å². The molecule has 0 radical (unpaired) electrons. The number of ketones is 1. The van der Waals surface area contributed by atoms with Gasteiger partial charge in [-0.25, -0.2) is 14.8 Å². The molecule has 1 unspecified atom stereocenters. The Hall–Kier alpha value is -4.25. The van der Waals surface area contributed by atoms with Gasteiger partial charge in [0.1, 0.15) is 13.2 Å². The number of ether oxygens (including phenoxy) is 8. The zero-order chi connectivity index (χ0) is 40.5. The first kappa shape index (κ1) is 48.8. The highest BCUT2D eigenvalue weighted by Crippen LogP contribution is 2.17. The highest BCUT2D eigenvalue weighted by atomic mass is 16.6. The SMILES string of the molecule is COCCOCCOCCOC(=O)CC(CCCCNC(=O)OCCOCCOCCOC)C(=O)NCCCC(=O)c1nc(N)c(C(=O)NCCN)nc1N. The lowest BCUT2D eigenvalue weighted by Gasteiger charge is -2.17. The Labute approximate surface area is 321 Å². The van der Waals surface area contributed by atoms with E-state index in [0.29, 0.717) is 72.1 Å². The number of hydrogen-bond donors (Lipinski definition) is 6. The molecule has 0 bridgehead atoms. The number of carbonyl (C=O) groups excluding carboxylic acids is 5. The summed E-state index contributed by atoms with van der Waals surface area (Å²) in [4.78, 5) is 70.7. The number of carbonyl (C=O) groups is 5. The summed E-state index contributed by atoms with van der Waals surface area (Å²) >= 11 is 0. The van der Waals surface area contributed by atoms with Gasteiger partial charge in [-0.05, 0) is 19.3 Å². The smallest absolute Gasteiger partial charge is 0.407 e. The van der Waals surface area contributed by atoms with Crippen LogP contribution in [0.25, 0.3) is 0 Å². The lowest BCUT2D eigenvalue weighted by molar-refractivity contribution is -0.148. The number of methoxy groups -OCH3 is 2. The topological polar surface area (TPSA) is 299 Å². The number of hydrogen-bond acceptors (Lipinski definition) is 18. The van der Waals surface area contributed by atoms with Crippen molar-refractivity contribution in [2.45, 2.75) is 38.5 Å². The van der Waals surface area contributed by atoms with Crippen molar-refractivity contribution in [1.82, 2.24) is 25.9 Å². The van der Waals surface area contributed by atoms with Crippen LogP contribution < -0.4 is 33.2 Å². The third-order valence-corrected chi connectivity index (χ3v) is 7.33. The normalized spacial score (nSPS) is 11.5. The second-order valence-electron chi connectivity index (χ2n) is 11.7. The second-order valence-corrected chi connectivity index (χ2v) is 11.7. The number of nitrogens with zero attached hydrogens (tertiary/aromatic N) is 2. The molecule has 0 saturated carbocycles. The Morgan fingerprint density at radius 2 is 1.15 bits per heavy atom. The fourth-order valence-electron chi connectivity index (χ4n) is 4.51. The van der Waals surface area contributed by atoms with Crippen LogP contribution in [0.5, 0.6) is 0 Å². The minimum absolute atomic E-state index is 0.00246. The molecule has 9 N–H and O–H groups in total.